The van der Waals surface area contributed by atoms with Gasteiger partial charge < -0.3 is 15.2 Å². The molecule has 13 heteroatoms. The lowest BCUT2D eigenvalue weighted by molar-refractivity contribution is -0.657. The molecular formula is C18H30N6O4S3. The van der Waals surface area contributed by atoms with E-state index in [1.165, 1.54) is 0 Å². The Morgan fingerprint density at radius 2 is 1.87 bits per heavy atom. The van der Waals surface area contributed by atoms with E-state index in [4.69, 9.17) is 0 Å². The molecule has 0 saturated carbocycles. The highest BCUT2D eigenvalue weighted by Gasteiger charge is 2.10. The van der Waals surface area contributed by atoms with Gasteiger partial charge in [0.1, 0.15) is 5.69 Å². The van der Waals surface area contributed by atoms with E-state index in [0.29, 0.717) is 0 Å². The number of anilines is 1. The van der Waals surface area contributed by atoms with Crippen LogP contribution in [0.15, 0.2) is 40.8 Å². The van der Waals surface area contributed by atoms with Crippen molar-refractivity contribution in [3.63, 3.8) is 0 Å². The number of nitrogens with one attached hydrogen (secondary N) is 2. The van der Waals surface area contributed by atoms with Crippen molar-refractivity contribution in [3.05, 3.63) is 36.2 Å². The van der Waals surface area contributed by atoms with Crippen molar-refractivity contribution in [2.75, 3.05) is 44.1 Å². The second-order valence-corrected chi connectivity index (χ2v) is 10.1. The molecule has 0 atom stereocenters. The fraction of sp³-hybridized carbons (Fsp3) is 0.500. The van der Waals surface area contributed by atoms with Crippen molar-refractivity contribution in [2.45, 2.75) is 6.92 Å². The van der Waals surface area contributed by atoms with E-state index in [9.17, 15) is 13.0 Å². The molecule has 1 heterocycles. The molecule has 0 aliphatic carbocycles. The molecular weight excluding hydrogens is 460 g/mol. The van der Waals surface area contributed by atoms with Gasteiger partial charge in [-0.15, -0.1) is 0 Å². The number of nitrogens with zero attached hydrogens (tertiary/aromatic N) is 4. The fourth-order valence-electron chi connectivity index (χ4n) is 2.20. The molecule has 31 heavy (non-hydrogen) atoms. The molecule has 0 aliphatic heterocycles. The third-order valence-electron chi connectivity index (χ3n) is 3.83. The Kier molecular flexibility index (Phi) is 12.7. The number of rotatable bonds is 11. The van der Waals surface area contributed by atoms with Gasteiger partial charge in [-0.25, -0.2) is 17.6 Å². The largest absolute Gasteiger partial charge is 0.726 e. The first kappa shape index (κ1) is 27.4. The lowest BCUT2D eigenvalue weighted by Gasteiger charge is -2.07. The predicted octanol–water partition coefficient (Wildman–Crippen LogP) is 2.68. The van der Waals surface area contributed by atoms with Crippen LogP contribution in [0.4, 0.5) is 17.3 Å². The third kappa shape index (κ3) is 11.5. The highest BCUT2D eigenvalue weighted by Crippen LogP contribution is 2.24. The fourth-order valence-corrected chi connectivity index (χ4v) is 4.11. The van der Waals surface area contributed by atoms with Crippen molar-refractivity contribution in [1.82, 2.24) is 9.88 Å². The van der Waals surface area contributed by atoms with Crippen LogP contribution >= 0.6 is 21.6 Å². The van der Waals surface area contributed by atoms with E-state index in [1.807, 2.05) is 70.3 Å². The SMILES string of the molecule is CNCCSSCCNc1ccc(N=Nc2n(C)cc[n+]2C)c(C)c1.COS(=O)(=O)[O-]. The Balaban J connectivity index is 0.000000703. The van der Waals surface area contributed by atoms with E-state index in [-0.39, 0.29) is 0 Å². The minimum absolute atomic E-state index is 0.808. The molecule has 0 saturated heterocycles. The summed E-state index contributed by atoms with van der Waals surface area (Å²) in [6, 6.07) is 6.20. The minimum Gasteiger partial charge on any atom is -0.726 e. The van der Waals surface area contributed by atoms with Gasteiger partial charge in [0.25, 0.3) is 0 Å². The Hall–Kier alpha value is -1.64. The van der Waals surface area contributed by atoms with Gasteiger partial charge in [0, 0.05) is 35.4 Å². The lowest BCUT2D eigenvalue weighted by Crippen LogP contribution is -2.25. The van der Waals surface area contributed by atoms with Crippen LogP contribution in [0.25, 0.3) is 0 Å². The maximum absolute atomic E-state index is 9.22. The number of benzene rings is 1. The molecule has 2 aromatic rings. The number of aromatic nitrogens is 2. The first-order valence-electron chi connectivity index (χ1n) is 9.35. The number of azo groups is 1. The van der Waals surface area contributed by atoms with Crippen molar-refractivity contribution in [3.8, 4) is 0 Å². The molecule has 0 spiro atoms. The van der Waals surface area contributed by atoms with Crippen LogP contribution in [0.1, 0.15) is 5.56 Å². The normalized spacial score (nSPS) is 11.4. The molecule has 174 valence electrons. The number of imidazole rings is 1. The van der Waals surface area contributed by atoms with Gasteiger partial charge in [-0.2, -0.15) is 0 Å². The summed E-state index contributed by atoms with van der Waals surface area (Å²) in [5.74, 6) is 3.03. The van der Waals surface area contributed by atoms with E-state index in [0.717, 1.165) is 54.6 Å². The standard InChI is InChI=1S/C17H26N6S2.CH4O4S/c1-14-13-15(19-8-12-25-24-11-7-18-2)5-6-16(14)20-21-17-22(3)9-10-23(17)4;1-5-6(2,3)4/h5-6,9-10,13,18H,7-8,11-12H2,1-4H3;1H3,(H,2,3,4). The summed E-state index contributed by atoms with van der Waals surface area (Å²) in [7, 11) is 6.12. The Morgan fingerprint density at radius 3 is 2.39 bits per heavy atom. The maximum atomic E-state index is 9.22. The molecule has 1 aromatic carbocycles. The van der Waals surface area contributed by atoms with Crippen molar-refractivity contribution >= 4 is 49.3 Å². The topological polar surface area (TPSA) is 124 Å². The molecule has 0 radical (unpaired) electrons. The first-order valence-corrected chi connectivity index (χ1v) is 13.2. The number of hydrogen-bond acceptors (Lipinski definition) is 10. The zero-order chi connectivity index (χ0) is 23.3. The van der Waals surface area contributed by atoms with Crippen LogP contribution < -0.4 is 15.2 Å². The second kappa shape index (κ2) is 14.4. The maximum Gasteiger partial charge on any atom is 0.421 e. The third-order valence-corrected chi connectivity index (χ3v) is 6.64. The molecule has 2 rings (SSSR count). The molecule has 10 nitrogen and oxygen atoms in total. The molecule has 1 aromatic heterocycles. The van der Waals surface area contributed by atoms with Crippen molar-refractivity contribution in [1.29, 1.82) is 0 Å². The molecule has 0 bridgehead atoms. The molecule has 0 fully saturated rings. The van der Waals surface area contributed by atoms with Crippen LogP contribution in [0, 0.1) is 6.92 Å². The van der Waals surface area contributed by atoms with Crippen LogP contribution in [0.2, 0.25) is 0 Å². The van der Waals surface area contributed by atoms with E-state index >= 15 is 0 Å². The zero-order valence-electron chi connectivity index (χ0n) is 18.4. The van der Waals surface area contributed by atoms with Crippen LogP contribution in [0.5, 0.6) is 0 Å². The summed E-state index contributed by atoms with van der Waals surface area (Å²) < 4.78 is 34.9. The smallest absolute Gasteiger partial charge is 0.421 e. The van der Waals surface area contributed by atoms with Crippen LogP contribution in [-0.4, -0.2) is 56.3 Å². The van der Waals surface area contributed by atoms with E-state index in [1.54, 1.807) is 0 Å². The van der Waals surface area contributed by atoms with Gasteiger partial charge >= 0.3 is 5.95 Å². The summed E-state index contributed by atoms with van der Waals surface area (Å²) in [6.45, 7) is 4.07. The van der Waals surface area contributed by atoms with Gasteiger partial charge in [-0.05, 0) is 37.7 Å². The lowest BCUT2D eigenvalue weighted by atomic mass is 10.2. The molecule has 2 N–H and O–H groups in total. The predicted molar refractivity (Wildman–Crippen MR) is 126 cm³/mol. The zero-order valence-corrected chi connectivity index (χ0v) is 20.8. The monoisotopic (exact) mass is 490 g/mol. The summed E-state index contributed by atoms with van der Waals surface area (Å²) in [6.07, 6.45) is 3.92. The Labute approximate surface area is 192 Å². The summed E-state index contributed by atoms with van der Waals surface area (Å²) in [5, 5.41) is 15.4. The van der Waals surface area contributed by atoms with Crippen molar-refractivity contribution in [2.24, 2.45) is 24.3 Å². The van der Waals surface area contributed by atoms with Crippen LogP contribution in [0.3, 0.4) is 0 Å². The van der Waals surface area contributed by atoms with Gasteiger partial charge in [-0.3, -0.25) is 4.18 Å². The Morgan fingerprint density at radius 1 is 1.23 bits per heavy atom. The molecule has 0 amide bonds. The Bertz CT molecular complexity index is 915. The number of aryl methyl sites for hydroxylation is 3. The van der Waals surface area contributed by atoms with E-state index < -0.39 is 10.4 Å². The average Bonchev–Trinajstić information content (AvgIpc) is 3.04. The van der Waals surface area contributed by atoms with Gasteiger partial charge in [-0.1, -0.05) is 26.7 Å². The first-order chi connectivity index (χ1) is 14.7. The highest BCUT2D eigenvalue weighted by molar-refractivity contribution is 8.76. The summed E-state index contributed by atoms with van der Waals surface area (Å²) >= 11 is 0. The van der Waals surface area contributed by atoms with Gasteiger partial charge in [0.15, 0.2) is 0 Å². The summed E-state index contributed by atoms with van der Waals surface area (Å²) in [4.78, 5) is 0. The average molecular weight is 491 g/mol. The van der Waals surface area contributed by atoms with E-state index in [2.05, 4.69) is 44.1 Å². The van der Waals surface area contributed by atoms with Gasteiger partial charge in [0.2, 0.25) is 10.4 Å². The highest BCUT2D eigenvalue weighted by atomic mass is 33.1. The minimum atomic E-state index is -4.41. The number of hydrogen-bond donors (Lipinski definition) is 2. The van der Waals surface area contributed by atoms with Gasteiger partial charge in [0.05, 0.1) is 33.6 Å². The summed E-state index contributed by atoms with van der Waals surface area (Å²) in [5.41, 5.74) is 3.13. The quantitative estimate of drug-likeness (QED) is 0.123. The molecule has 0 aliphatic rings. The second-order valence-electron chi connectivity index (χ2n) is 6.27. The molecule has 0 unspecified atom stereocenters. The van der Waals surface area contributed by atoms with Crippen molar-refractivity contribution < 1.29 is 21.7 Å². The van der Waals surface area contributed by atoms with Crippen LogP contribution in [-0.2, 0) is 28.7 Å².